The molecule has 8 heteroatoms. The largest absolute Gasteiger partial charge is 0.448 e. The lowest BCUT2D eigenvalue weighted by atomic mass is 10.1. The van der Waals surface area contributed by atoms with Crippen molar-refractivity contribution in [3.8, 4) is 11.3 Å². The number of hydrogen-bond acceptors (Lipinski definition) is 7. The minimum absolute atomic E-state index is 0.163. The van der Waals surface area contributed by atoms with Gasteiger partial charge in [-0.3, -0.25) is 4.79 Å². The molecule has 0 aliphatic carbocycles. The molecular weight excluding hydrogens is 360 g/mol. The Kier molecular flexibility index (Phi) is 4.95. The van der Waals surface area contributed by atoms with E-state index >= 15 is 0 Å². The molecule has 1 aliphatic rings. The van der Waals surface area contributed by atoms with Gasteiger partial charge in [0.25, 0.3) is 5.91 Å². The first-order valence-corrected chi connectivity index (χ1v) is 9.32. The van der Waals surface area contributed by atoms with E-state index in [1.165, 1.54) is 6.26 Å². The average Bonchev–Trinajstić information content (AvgIpc) is 3.33. The average molecular weight is 382 g/mol. The van der Waals surface area contributed by atoms with Crippen molar-refractivity contribution in [2.75, 3.05) is 19.7 Å². The molecule has 1 atom stereocenters. The van der Waals surface area contributed by atoms with Gasteiger partial charge in [0.15, 0.2) is 11.6 Å². The second-order valence-electron chi connectivity index (χ2n) is 6.73. The number of oxazole rings is 1. The molecule has 3 aromatic rings. The van der Waals surface area contributed by atoms with Crippen molar-refractivity contribution >= 4 is 5.91 Å². The topological polar surface area (TPSA) is 94.5 Å². The summed E-state index contributed by atoms with van der Waals surface area (Å²) < 4.78 is 16.5. The van der Waals surface area contributed by atoms with Crippen molar-refractivity contribution in [2.45, 2.75) is 33.3 Å². The highest BCUT2D eigenvalue weighted by Crippen LogP contribution is 2.29. The van der Waals surface area contributed by atoms with Crippen LogP contribution in [0.5, 0.6) is 0 Å². The van der Waals surface area contributed by atoms with E-state index in [1.807, 2.05) is 32.0 Å². The zero-order valence-corrected chi connectivity index (χ0v) is 16.1. The van der Waals surface area contributed by atoms with E-state index in [0.29, 0.717) is 31.3 Å². The van der Waals surface area contributed by atoms with Gasteiger partial charge >= 0.3 is 0 Å². The highest BCUT2D eigenvalue weighted by molar-refractivity contribution is 5.92. The number of aryl methyl sites for hydroxylation is 3. The maximum absolute atomic E-state index is 12.7. The van der Waals surface area contributed by atoms with Gasteiger partial charge in [-0.05, 0) is 19.1 Å². The van der Waals surface area contributed by atoms with E-state index in [1.54, 1.807) is 11.8 Å². The number of morpholine rings is 1. The fourth-order valence-electron chi connectivity index (χ4n) is 3.39. The van der Waals surface area contributed by atoms with Crippen LogP contribution in [0.1, 0.15) is 46.6 Å². The molecule has 0 spiro atoms. The van der Waals surface area contributed by atoms with Gasteiger partial charge in [0.1, 0.15) is 18.1 Å². The van der Waals surface area contributed by atoms with Crippen LogP contribution >= 0.6 is 0 Å². The lowest BCUT2D eigenvalue weighted by Gasteiger charge is -2.32. The molecule has 28 heavy (non-hydrogen) atoms. The van der Waals surface area contributed by atoms with Crippen LogP contribution < -0.4 is 0 Å². The molecule has 4 rings (SSSR count). The van der Waals surface area contributed by atoms with Gasteiger partial charge in [0, 0.05) is 19.9 Å². The first kappa shape index (κ1) is 18.4. The fraction of sp³-hybridized carbons (Fsp3) is 0.400. The lowest BCUT2D eigenvalue weighted by Crippen LogP contribution is -2.42. The number of pyridine rings is 1. The molecule has 0 N–H and O–H groups in total. The normalized spacial score (nSPS) is 17.1. The van der Waals surface area contributed by atoms with Crippen LogP contribution in [0, 0.1) is 13.8 Å². The van der Waals surface area contributed by atoms with E-state index in [-0.39, 0.29) is 12.0 Å². The molecule has 146 valence electrons. The molecule has 1 saturated heterocycles. The highest BCUT2D eigenvalue weighted by Gasteiger charge is 2.29. The Hall–Kier alpha value is -3.00. The summed E-state index contributed by atoms with van der Waals surface area (Å²) in [5, 5.41) is 4.06. The molecular formula is C20H22N4O4. The molecule has 3 aromatic heterocycles. The quantitative estimate of drug-likeness (QED) is 0.684. The van der Waals surface area contributed by atoms with Crippen molar-refractivity contribution in [3.63, 3.8) is 0 Å². The maximum atomic E-state index is 12.7. The van der Waals surface area contributed by atoms with Crippen molar-refractivity contribution in [3.05, 3.63) is 53.2 Å². The molecule has 0 aromatic carbocycles. The van der Waals surface area contributed by atoms with Crippen LogP contribution in [0.25, 0.3) is 11.3 Å². The van der Waals surface area contributed by atoms with Crippen LogP contribution in [0.4, 0.5) is 0 Å². The van der Waals surface area contributed by atoms with Crippen molar-refractivity contribution < 1.29 is 18.5 Å². The summed E-state index contributed by atoms with van der Waals surface area (Å²) in [7, 11) is 0. The number of nitrogens with zero attached hydrogens (tertiary/aromatic N) is 4. The Bertz CT molecular complexity index is 994. The predicted octanol–water partition coefficient (Wildman–Crippen LogP) is 3.12. The molecule has 4 heterocycles. The number of rotatable bonds is 4. The fourth-order valence-corrected chi connectivity index (χ4v) is 3.39. The first-order valence-electron chi connectivity index (χ1n) is 9.32. The van der Waals surface area contributed by atoms with Gasteiger partial charge in [-0.1, -0.05) is 18.1 Å². The first-order chi connectivity index (χ1) is 13.6. The third-order valence-corrected chi connectivity index (χ3v) is 4.80. The molecule has 0 bridgehead atoms. The van der Waals surface area contributed by atoms with Crippen molar-refractivity contribution in [1.82, 2.24) is 20.0 Å². The van der Waals surface area contributed by atoms with E-state index < -0.39 is 0 Å². The number of ether oxygens (including phenoxy) is 1. The summed E-state index contributed by atoms with van der Waals surface area (Å²) in [5.74, 6) is 1.12. The summed E-state index contributed by atoms with van der Waals surface area (Å²) >= 11 is 0. The number of carbonyl (C=O) groups excluding carboxylic acids is 1. The number of aromatic nitrogens is 3. The number of hydrogen-bond donors (Lipinski definition) is 0. The zero-order valence-electron chi connectivity index (χ0n) is 16.1. The summed E-state index contributed by atoms with van der Waals surface area (Å²) in [5.41, 5.74) is 3.62. The predicted molar refractivity (Wildman–Crippen MR) is 99.7 cm³/mol. The zero-order chi connectivity index (χ0) is 19.7. The smallest absolute Gasteiger partial charge is 0.275 e. The minimum atomic E-state index is -0.309. The van der Waals surface area contributed by atoms with Crippen molar-refractivity contribution in [1.29, 1.82) is 0 Å². The Labute approximate surface area is 162 Å². The van der Waals surface area contributed by atoms with E-state index in [0.717, 1.165) is 34.8 Å². The summed E-state index contributed by atoms with van der Waals surface area (Å²) in [6.07, 6.45) is 1.82. The van der Waals surface area contributed by atoms with E-state index in [2.05, 4.69) is 10.1 Å². The van der Waals surface area contributed by atoms with Crippen molar-refractivity contribution in [2.24, 2.45) is 0 Å². The standard InChI is InChI=1S/C20H22N4O4/c1-4-17-19(12(2)23-28-17)15-7-5-6-14(22-15)18-10-24(8-9-26-18)20(25)16-11-27-13(3)21-16/h5-7,11,18H,4,8-10H2,1-3H3. The second-order valence-corrected chi connectivity index (χ2v) is 6.73. The summed E-state index contributed by atoms with van der Waals surface area (Å²) in [4.78, 5) is 23.3. The molecule has 8 nitrogen and oxygen atoms in total. The molecule has 0 radical (unpaired) electrons. The third-order valence-electron chi connectivity index (χ3n) is 4.80. The summed E-state index contributed by atoms with van der Waals surface area (Å²) in [6, 6.07) is 5.79. The molecule has 1 aliphatic heterocycles. The molecule has 1 fully saturated rings. The Morgan fingerprint density at radius 2 is 2.14 bits per heavy atom. The molecule has 1 amide bonds. The van der Waals surface area contributed by atoms with Crippen LogP contribution in [0.15, 0.2) is 33.4 Å². The van der Waals surface area contributed by atoms with Gasteiger partial charge in [0.2, 0.25) is 0 Å². The van der Waals surface area contributed by atoms with Gasteiger partial charge in [0.05, 0.1) is 35.8 Å². The minimum Gasteiger partial charge on any atom is -0.448 e. The highest BCUT2D eigenvalue weighted by atomic mass is 16.5. The van der Waals surface area contributed by atoms with Gasteiger partial charge < -0.3 is 18.6 Å². The second kappa shape index (κ2) is 7.55. The van der Waals surface area contributed by atoms with Crippen LogP contribution in [-0.4, -0.2) is 45.6 Å². The van der Waals surface area contributed by atoms with Crippen LogP contribution in [-0.2, 0) is 11.2 Å². The Morgan fingerprint density at radius 3 is 2.89 bits per heavy atom. The lowest BCUT2D eigenvalue weighted by molar-refractivity contribution is -0.0248. The SMILES string of the molecule is CCc1onc(C)c1-c1cccc(C2CN(C(=O)c3coc(C)n3)CCO2)n1. The van der Waals surface area contributed by atoms with Gasteiger partial charge in [-0.2, -0.15) is 0 Å². The maximum Gasteiger partial charge on any atom is 0.275 e. The molecule has 0 saturated carbocycles. The van der Waals surface area contributed by atoms with Crippen LogP contribution in [0.3, 0.4) is 0 Å². The third kappa shape index (κ3) is 3.43. The van der Waals surface area contributed by atoms with Gasteiger partial charge in [-0.25, -0.2) is 9.97 Å². The van der Waals surface area contributed by atoms with E-state index in [4.69, 9.17) is 18.7 Å². The van der Waals surface area contributed by atoms with Crippen LogP contribution in [0.2, 0.25) is 0 Å². The van der Waals surface area contributed by atoms with Gasteiger partial charge in [-0.15, -0.1) is 0 Å². The summed E-state index contributed by atoms with van der Waals surface area (Å²) in [6.45, 7) is 6.99. The molecule has 1 unspecified atom stereocenters. The monoisotopic (exact) mass is 382 g/mol. The Morgan fingerprint density at radius 1 is 1.29 bits per heavy atom. The number of carbonyl (C=O) groups is 1. The van der Waals surface area contributed by atoms with E-state index in [9.17, 15) is 4.79 Å². The number of amides is 1. The Balaban J connectivity index is 1.57.